The van der Waals surface area contributed by atoms with Crippen LogP contribution in [0.2, 0.25) is 0 Å². The Balaban J connectivity index is 1.47. The van der Waals surface area contributed by atoms with Gasteiger partial charge < -0.3 is 25.3 Å². The fourth-order valence-corrected chi connectivity index (χ4v) is 3.84. The van der Waals surface area contributed by atoms with Crippen LogP contribution in [0.5, 0.6) is 0 Å². The van der Waals surface area contributed by atoms with Crippen molar-refractivity contribution in [1.29, 1.82) is 0 Å². The number of ether oxygens (including phenoxy) is 1. The van der Waals surface area contributed by atoms with Crippen molar-refractivity contribution in [2.24, 2.45) is 0 Å². The van der Waals surface area contributed by atoms with Crippen LogP contribution in [0.15, 0.2) is 67.0 Å². The van der Waals surface area contributed by atoms with E-state index in [0.717, 1.165) is 5.56 Å². The number of anilines is 3. The molecule has 0 atom stereocenters. The smallest absolute Gasteiger partial charge is 0.323 e. The lowest BCUT2D eigenvalue weighted by molar-refractivity contribution is 0.122. The van der Waals surface area contributed by atoms with Crippen molar-refractivity contribution in [3.63, 3.8) is 0 Å². The summed E-state index contributed by atoms with van der Waals surface area (Å²) in [7, 11) is 0. The largest absolute Gasteiger partial charge is 0.378 e. The predicted molar refractivity (Wildman–Crippen MR) is 129 cm³/mol. The number of pyridine rings is 1. The molecule has 2 aromatic carbocycles. The Labute approximate surface area is 200 Å². The number of aromatic nitrogens is 3. The average Bonchev–Trinajstić information content (AvgIpc) is 3.33. The molecule has 10 heteroatoms. The Morgan fingerprint density at radius 1 is 0.971 bits per heavy atom. The fourth-order valence-electron chi connectivity index (χ4n) is 3.84. The second-order valence-electron chi connectivity index (χ2n) is 7.87. The van der Waals surface area contributed by atoms with Gasteiger partial charge in [0, 0.05) is 42.3 Å². The summed E-state index contributed by atoms with van der Waals surface area (Å²) in [6.45, 7) is 2.49. The molecule has 3 heterocycles. The van der Waals surface area contributed by atoms with Gasteiger partial charge >= 0.3 is 6.03 Å². The number of nitrogens with one attached hydrogen (secondary N) is 3. The first-order valence-corrected chi connectivity index (χ1v) is 11.0. The molecule has 0 spiro atoms. The molecule has 35 heavy (non-hydrogen) atoms. The van der Waals surface area contributed by atoms with Crippen LogP contribution < -0.4 is 15.5 Å². The van der Waals surface area contributed by atoms with Gasteiger partial charge in [-0.3, -0.25) is 4.98 Å². The molecule has 1 aliphatic rings. The zero-order chi connectivity index (χ0) is 24.2. The lowest BCUT2D eigenvalue weighted by Crippen LogP contribution is -2.36. The minimum absolute atomic E-state index is 0.0151. The first-order valence-electron chi connectivity index (χ1n) is 11.0. The summed E-state index contributed by atoms with van der Waals surface area (Å²) in [4.78, 5) is 26.6. The van der Waals surface area contributed by atoms with Gasteiger partial charge in [-0.05, 0) is 48.5 Å². The van der Waals surface area contributed by atoms with Gasteiger partial charge in [-0.2, -0.15) is 0 Å². The second kappa shape index (κ2) is 9.90. The van der Waals surface area contributed by atoms with Crippen molar-refractivity contribution >= 4 is 23.4 Å². The molecule has 1 fully saturated rings. The summed E-state index contributed by atoms with van der Waals surface area (Å²) in [6.07, 6.45) is 3.31. The highest BCUT2D eigenvalue weighted by Gasteiger charge is 2.23. The summed E-state index contributed by atoms with van der Waals surface area (Å²) in [5.41, 5.74) is 2.45. The number of morpholine rings is 1. The first-order chi connectivity index (χ1) is 17.1. The Kier molecular flexibility index (Phi) is 6.36. The van der Waals surface area contributed by atoms with E-state index in [-0.39, 0.29) is 11.3 Å². The molecule has 2 amide bonds. The number of nitrogens with zero attached hydrogens (tertiary/aromatic N) is 3. The number of imidazole rings is 1. The maximum Gasteiger partial charge on any atom is 0.323 e. The predicted octanol–water partition coefficient (Wildman–Crippen LogP) is 4.90. The number of aromatic amines is 1. The fraction of sp³-hybridized carbons (Fsp3) is 0.160. The number of rotatable bonds is 5. The minimum Gasteiger partial charge on any atom is -0.378 e. The molecule has 1 aliphatic heterocycles. The van der Waals surface area contributed by atoms with Crippen LogP contribution in [0.3, 0.4) is 0 Å². The maximum absolute atomic E-state index is 15.7. The zero-order valence-electron chi connectivity index (χ0n) is 18.6. The molecule has 4 aromatic rings. The van der Waals surface area contributed by atoms with E-state index < -0.39 is 17.7 Å². The Morgan fingerprint density at radius 3 is 2.46 bits per heavy atom. The topological polar surface area (TPSA) is 95.2 Å². The van der Waals surface area contributed by atoms with Crippen LogP contribution in [-0.4, -0.2) is 47.3 Å². The molecule has 2 aromatic heterocycles. The van der Waals surface area contributed by atoms with Gasteiger partial charge in [-0.1, -0.05) is 6.07 Å². The molecular formula is C25H22F2N6O2. The summed E-state index contributed by atoms with van der Waals surface area (Å²) in [5, 5.41) is 5.08. The van der Waals surface area contributed by atoms with Gasteiger partial charge in [-0.15, -0.1) is 0 Å². The van der Waals surface area contributed by atoms with Crippen molar-refractivity contribution in [1.82, 2.24) is 15.0 Å². The molecule has 1 saturated heterocycles. The summed E-state index contributed by atoms with van der Waals surface area (Å²) >= 11 is 0. The van der Waals surface area contributed by atoms with Gasteiger partial charge in [0.05, 0.1) is 24.6 Å². The highest BCUT2D eigenvalue weighted by atomic mass is 19.1. The third kappa shape index (κ3) is 4.97. The molecular weight excluding hydrogens is 454 g/mol. The van der Waals surface area contributed by atoms with E-state index in [1.54, 1.807) is 24.5 Å². The number of amides is 2. The number of carbonyl (C=O) groups is 1. The van der Waals surface area contributed by atoms with E-state index >= 15 is 4.39 Å². The van der Waals surface area contributed by atoms with Crippen molar-refractivity contribution in [2.45, 2.75) is 0 Å². The van der Waals surface area contributed by atoms with E-state index in [1.807, 2.05) is 17.0 Å². The molecule has 0 bridgehead atoms. The van der Waals surface area contributed by atoms with Crippen LogP contribution in [0.4, 0.5) is 30.9 Å². The summed E-state index contributed by atoms with van der Waals surface area (Å²) in [5.74, 6) is -0.436. The Hall–Kier alpha value is -4.31. The van der Waals surface area contributed by atoms with Crippen LogP contribution in [-0.2, 0) is 4.74 Å². The second-order valence-corrected chi connectivity index (χ2v) is 7.87. The highest BCUT2D eigenvalue weighted by molar-refractivity contribution is 6.00. The van der Waals surface area contributed by atoms with E-state index in [1.165, 1.54) is 30.3 Å². The van der Waals surface area contributed by atoms with Crippen molar-refractivity contribution in [2.75, 3.05) is 41.8 Å². The number of benzene rings is 2. The van der Waals surface area contributed by atoms with E-state index in [2.05, 4.69) is 20.6 Å². The van der Waals surface area contributed by atoms with Crippen molar-refractivity contribution in [3.8, 4) is 22.5 Å². The average molecular weight is 476 g/mol. The first kappa shape index (κ1) is 22.5. The monoisotopic (exact) mass is 476 g/mol. The lowest BCUT2D eigenvalue weighted by atomic mass is 10.0. The number of hydrogen-bond donors (Lipinski definition) is 3. The molecule has 178 valence electrons. The summed E-state index contributed by atoms with van der Waals surface area (Å²) < 4.78 is 34.2. The number of hydrogen-bond acceptors (Lipinski definition) is 5. The maximum atomic E-state index is 15.7. The van der Waals surface area contributed by atoms with Gasteiger partial charge in [0.25, 0.3) is 0 Å². The molecule has 8 nitrogen and oxygen atoms in total. The van der Waals surface area contributed by atoms with Crippen molar-refractivity contribution < 1.29 is 18.3 Å². The number of H-pyrrole nitrogens is 1. The number of halogens is 2. The Morgan fingerprint density at radius 2 is 1.71 bits per heavy atom. The summed E-state index contributed by atoms with van der Waals surface area (Å²) in [6, 6.07) is 13.0. The lowest BCUT2D eigenvalue weighted by Gasteiger charge is -2.26. The number of urea groups is 1. The Bertz CT molecular complexity index is 1320. The normalized spacial score (nSPS) is 13.5. The van der Waals surface area contributed by atoms with E-state index in [0.29, 0.717) is 49.3 Å². The van der Waals surface area contributed by atoms with Crippen LogP contribution >= 0.6 is 0 Å². The molecule has 5 rings (SSSR count). The number of carbonyl (C=O) groups excluding carboxylic acids is 1. The van der Waals surface area contributed by atoms with Gasteiger partial charge in [-0.25, -0.2) is 18.6 Å². The third-order valence-corrected chi connectivity index (χ3v) is 5.58. The third-order valence-electron chi connectivity index (χ3n) is 5.58. The quantitative estimate of drug-likeness (QED) is 0.381. The van der Waals surface area contributed by atoms with E-state index in [9.17, 15) is 9.18 Å². The van der Waals surface area contributed by atoms with E-state index in [4.69, 9.17) is 9.72 Å². The van der Waals surface area contributed by atoms with Crippen LogP contribution in [0, 0.1) is 11.6 Å². The van der Waals surface area contributed by atoms with Crippen LogP contribution in [0.1, 0.15) is 0 Å². The SMILES string of the molecule is O=C(Nc1ccc(F)cc1)Nc1cccc(-c2nc(N3CCOCC3)[nH]c2-c2ccncc2)c1F. The molecule has 0 unspecified atom stereocenters. The standard InChI is InChI=1S/C25H22F2N6O2/c26-17-4-6-18(7-5-17)29-25(34)30-20-3-1-2-19(21(20)27)23-22(16-8-10-28-11-9-16)31-24(32-23)33-12-14-35-15-13-33/h1-11H,12-15H2,(H,31,32)(H2,29,30,34). The van der Waals surface area contributed by atoms with Crippen LogP contribution in [0.25, 0.3) is 22.5 Å². The molecule has 0 aliphatic carbocycles. The van der Waals surface area contributed by atoms with Crippen molar-refractivity contribution in [3.05, 3.63) is 78.6 Å². The zero-order valence-corrected chi connectivity index (χ0v) is 18.6. The molecule has 0 saturated carbocycles. The molecule has 0 radical (unpaired) electrons. The minimum atomic E-state index is -0.655. The molecule has 3 N–H and O–H groups in total. The van der Waals surface area contributed by atoms with Gasteiger partial charge in [0.2, 0.25) is 5.95 Å². The van der Waals surface area contributed by atoms with Gasteiger partial charge in [0.1, 0.15) is 11.5 Å². The van der Waals surface area contributed by atoms with Gasteiger partial charge in [0.15, 0.2) is 5.82 Å². The highest BCUT2D eigenvalue weighted by Crippen LogP contribution is 2.35.